The number of hydrogen-bond donors (Lipinski definition) is 2. The smallest absolute Gasteiger partial charge is 0.128 e. The predicted molar refractivity (Wildman–Crippen MR) is 154 cm³/mol. The lowest BCUT2D eigenvalue weighted by molar-refractivity contribution is 0.613. The zero-order valence-electron chi connectivity index (χ0n) is 22.8. The molecule has 2 aromatic rings. The lowest BCUT2D eigenvalue weighted by Crippen LogP contribution is -2.13. The highest BCUT2D eigenvalue weighted by molar-refractivity contribution is 5.83. The minimum Gasteiger partial charge on any atom is -0.389 e. The van der Waals surface area contributed by atoms with E-state index in [0.717, 1.165) is 65.9 Å². The van der Waals surface area contributed by atoms with E-state index in [0.29, 0.717) is 12.0 Å². The van der Waals surface area contributed by atoms with Gasteiger partial charge in [0, 0.05) is 41.7 Å². The molecule has 3 rings (SSSR count). The number of hydrogen-bond acceptors (Lipinski definition) is 2. The van der Waals surface area contributed by atoms with Crippen LogP contribution in [0.4, 0.5) is 10.1 Å². The average molecular weight is 479 g/mol. The number of unbranched alkanes of at least 4 members (excludes halogenated alkanes) is 2. The summed E-state index contributed by atoms with van der Waals surface area (Å²) in [6.07, 6.45) is 10.1. The van der Waals surface area contributed by atoms with Crippen molar-refractivity contribution < 1.29 is 4.39 Å². The van der Waals surface area contributed by atoms with Gasteiger partial charge in [0.15, 0.2) is 0 Å². The molecule has 0 fully saturated rings. The SMILES string of the molecule is C=C(CCCCc1ccc(F)c2c1NC=C(c1ccccc1)C(=C)C2)NCCCC.CC.CCC. The molecular weight excluding hydrogens is 431 g/mol. The highest BCUT2D eigenvalue weighted by atomic mass is 19.1. The normalized spacial score (nSPS) is 11.9. The fourth-order valence-electron chi connectivity index (χ4n) is 3.88. The molecule has 0 radical (unpaired) electrons. The maximum absolute atomic E-state index is 14.7. The summed E-state index contributed by atoms with van der Waals surface area (Å²) >= 11 is 0. The van der Waals surface area contributed by atoms with Gasteiger partial charge in [0.25, 0.3) is 0 Å². The van der Waals surface area contributed by atoms with Crippen molar-refractivity contribution in [2.75, 3.05) is 11.9 Å². The Kier molecular flexibility index (Phi) is 15.2. The summed E-state index contributed by atoms with van der Waals surface area (Å²) in [7, 11) is 0. The lowest BCUT2D eigenvalue weighted by atomic mass is 9.93. The van der Waals surface area contributed by atoms with E-state index in [4.69, 9.17) is 0 Å². The van der Waals surface area contributed by atoms with Gasteiger partial charge in [0.1, 0.15) is 5.82 Å². The van der Waals surface area contributed by atoms with Crippen molar-refractivity contribution in [3.63, 3.8) is 0 Å². The number of rotatable bonds is 10. The van der Waals surface area contributed by atoms with Gasteiger partial charge in [-0.15, -0.1) is 0 Å². The van der Waals surface area contributed by atoms with E-state index >= 15 is 0 Å². The summed E-state index contributed by atoms with van der Waals surface area (Å²) in [5.74, 6) is -0.168. The lowest BCUT2D eigenvalue weighted by Gasteiger charge is -2.14. The van der Waals surface area contributed by atoms with Crippen LogP contribution in [0.1, 0.15) is 89.8 Å². The molecule has 0 atom stereocenters. The van der Waals surface area contributed by atoms with Crippen LogP contribution >= 0.6 is 0 Å². The van der Waals surface area contributed by atoms with E-state index in [1.165, 1.54) is 19.3 Å². The Morgan fingerprint density at radius 1 is 1.00 bits per heavy atom. The molecule has 2 aromatic carbocycles. The standard InChI is InChI=1S/C27H33FN2.C3H8.C2H6/c1-4-5-17-29-21(3)11-9-10-14-23-15-16-26(28)24-18-20(2)25(19-30-27(23)24)22-12-7-6-8-13-22;1-3-2;1-2/h6-8,12-13,15-16,19,29-30H,2-5,9-11,14,17-18H2,1H3;3H2,1-2H3;1-2H3. The maximum atomic E-state index is 14.7. The number of aryl methyl sites for hydroxylation is 1. The van der Waals surface area contributed by atoms with Gasteiger partial charge in [0.2, 0.25) is 0 Å². The van der Waals surface area contributed by atoms with Gasteiger partial charge < -0.3 is 10.6 Å². The summed E-state index contributed by atoms with van der Waals surface area (Å²) in [5, 5.41) is 6.80. The van der Waals surface area contributed by atoms with E-state index in [1.54, 1.807) is 6.07 Å². The van der Waals surface area contributed by atoms with Crippen LogP contribution in [-0.2, 0) is 12.8 Å². The predicted octanol–water partition coefficient (Wildman–Crippen LogP) is 9.45. The fraction of sp³-hybridized carbons (Fsp3) is 0.438. The first kappa shape index (κ1) is 30.2. The highest BCUT2D eigenvalue weighted by Crippen LogP contribution is 2.35. The first-order chi connectivity index (χ1) is 17.0. The first-order valence-corrected chi connectivity index (χ1v) is 13.4. The van der Waals surface area contributed by atoms with Crippen molar-refractivity contribution in [3.05, 3.63) is 95.6 Å². The van der Waals surface area contributed by atoms with Gasteiger partial charge in [-0.05, 0) is 54.9 Å². The molecule has 192 valence electrons. The van der Waals surface area contributed by atoms with Gasteiger partial charge in [-0.3, -0.25) is 0 Å². The Hall–Kier alpha value is -2.81. The molecule has 0 spiro atoms. The molecule has 2 N–H and O–H groups in total. The van der Waals surface area contributed by atoms with E-state index in [-0.39, 0.29) is 5.82 Å². The Bertz CT molecular complexity index is 928. The topological polar surface area (TPSA) is 24.1 Å². The molecule has 1 heterocycles. The number of fused-ring (bicyclic) bond motifs is 1. The van der Waals surface area contributed by atoms with Crippen LogP contribution in [-0.4, -0.2) is 6.54 Å². The van der Waals surface area contributed by atoms with Crippen LogP contribution in [0.15, 0.2) is 73.1 Å². The summed E-state index contributed by atoms with van der Waals surface area (Å²) in [5.41, 5.74) is 6.95. The summed E-state index contributed by atoms with van der Waals surface area (Å²) in [6.45, 7) is 19.8. The molecule has 2 nitrogen and oxygen atoms in total. The number of halogens is 1. The van der Waals surface area contributed by atoms with Crippen molar-refractivity contribution in [3.8, 4) is 0 Å². The quantitative estimate of drug-likeness (QED) is 0.332. The summed E-state index contributed by atoms with van der Waals surface area (Å²) in [6, 6.07) is 13.7. The van der Waals surface area contributed by atoms with Crippen LogP contribution in [0.5, 0.6) is 0 Å². The average Bonchev–Trinajstić information content (AvgIpc) is 3.05. The Morgan fingerprint density at radius 3 is 2.34 bits per heavy atom. The van der Waals surface area contributed by atoms with Crippen LogP contribution < -0.4 is 10.6 Å². The second-order valence-corrected chi connectivity index (χ2v) is 8.71. The second kappa shape index (κ2) is 17.6. The van der Waals surface area contributed by atoms with Gasteiger partial charge in [0.05, 0.1) is 0 Å². The molecule has 3 heteroatoms. The summed E-state index contributed by atoms with van der Waals surface area (Å²) in [4.78, 5) is 0. The van der Waals surface area contributed by atoms with Crippen LogP contribution in [0.2, 0.25) is 0 Å². The van der Waals surface area contributed by atoms with Crippen LogP contribution in [0.25, 0.3) is 5.57 Å². The molecule has 1 aliphatic heterocycles. The number of allylic oxidation sites excluding steroid dienone is 3. The van der Waals surface area contributed by atoms with E-state index in [1.807, 2.05) is 44.3 Å². The molecular formula is C32H47FN2. The van der Waals surface area contributed by atoms with Crippen LogP contribution in [0.3, 0.4) is 0 Å². The minimum absolute atomic E-state index is 0.168. The van der Waals surface area contributed by atoms with Crippen molar-refractivity contribution >= 4 is 11.3 Å². The van der Waals surface area contributed by atoms with Crippen molar-refractivity contribution in [1.29, 1.82) is 0 Å². The van der Waals surface area contributed by atoms with Crippen LogP contribution in [0, 0.1) is 5.82 Å². The zero-order chi connectivity index (χ0) is 26.1. The molecule has 0 saturated heterocycles. The van der Waals surface area contributed by atoms with Gasteiger partial charge in [-0.25, -0.2) is 4.39 Å². The Labute approximate surface area is 214 Å². The largest absolute Gasteiger partial charge is 0.389 e. The van der Waals surface area contributed by atoms with E-state index < -0.39 is 0 Å². The molecule has 0 aromatic heterocycles. The molecule has 0 bridgehead atoms. The van der Waals surface area contributed by atoms with Gasteiger partial charge in [-0.2, -0.15) is 0 Å². The fourth-order valence-corrected chi connectivity index (χ4v) is 3.88. The zero-order valence-corrected chi connectivity index (χ0v) is 22.8. The molecule has 0 saturated carbocycles. The molecule has 0 unspecified atom stereocenters. The third kappa shape index (κ3) is 10.1. The monoisotopic (exact) mass is 478 g/mol. The second-order valence-electron chi connectivity index (χ2n) is 8.71. The first-order valence-electron chi connectivity index (χ1n) is 13.4. The van der Waals surface area contributed by atoms with E-state index in [9.17, 15) is 4.39 Å². The number of benzene rings is 2. The Morgan fingerprint density at radius 2 is 1.69 bits per heavy atom. The summed E-state index contributed by atoms with van der Waals surface area (Å²) < 4.78 is 14.7. The third-order valence-electron chi connectivity index (χ3n) is 5.64. The minimum atomic E-state index is -0.168. The van der Waals surface area contributed by atoms with Gasteiger partial charge >= 0.3 is 0 Å². The molecule has 35 heavy (non-hydrogen) atoms. The Balaban J connectivity index is 0.00000114. The third-order valence-corrected chi connectivity index (χ3v) is 5.64. The van der Waals surface area contributed by atoms with E-state index in [2.05, 4.69) is 56.7 Å². The maximum Gasteiger partial charge on any atom is 0.128 e. The van der Waals surface area contributed by atoms with Crippen molar-refractivity contribution in [2.45, 2.75) is 86.0 Å². The van der Waals surface area contributed by atoms with Crippen molar-refractivity contribution in [2.24, 2.45) is 0 Å². The highest BCUT2D eigenvalue weighted by Gasteiger charge is 2.19. The molecule has 0 aliphatic carbocycles. The molecule has 0 amide bonds. The van der Waals surface area contributed by atoms with Crippen molar-refractivity contribution in [1.82, 2.24) is 5.32 Å². The number of anilines is 1. The van der Waals surface area contributed by atoms with Gasteiger partial charge in [-0.1, -0.05) is 97.0 Å². The molecule has 1 aliphatic rings. The number of nitrogens with one attached hydrogen (secondary N) is 2.